The van der Waals surface area contributed by atoms with E-state index in [1.54, 1.807) is 18.3 Å². The van der Waals surface area contributed by atoms with Crippen molar-refractivity contribution >= 4 is 28.1 Å². The van der Waals surface area contributed by atoms with Gasteiger partial charge in [0.15, 0.2) is 6.61 Å². The molecular formula is C25H28BrN3O2. The van der Waals surface area contributed by atoms with Gasteiger partial charge in [0, 0.05) is 27.1 Å². The van der Waals surface area contributed by atoms with E-state index in [2.05, 4.69) is 89.1 Å². The Kier molecular flexibility index (Phi) is 7.01. The number of halogens is 1. The fourth-order valence-electron chi connectivity index (χ4n) is 3.34. The molecule has 2 aromatic carbocycles. The zero-order chi connectivity index (χ0) is 22.6. The Hall–Kier alpha value is -2.86. The molecule has 0 saturated heterocycles. The Bertz CT molecular complexity index is 1090. The van der Waals surface area contributed by atoms with Crippen molar-refractivity contribution in [3.05, 3.63) is 81.6 Å². The van der Waals surface area contributed by atoms with Crippen molar-refractivity contribution < 1.29 is 9.53 Å². The van der Waals surface area contributed by atoms with Gasteiger partial charge in [-0.3, -0.25) is 4.79 Å². The fraction of sp³-hybridized carbons (Fsp3) is 0.280. The van der Waals surface area contributed by atoms with Crippen molar-refractivity contribution in [2.75, 3.05) is 6.61 Å². The Labute approximate surface area is 192 Å². The molecule has 1 N–H and O–H groups in total. The second kappa shape index (κ2) is 9.52. The molecule has 0 unspecified atom stereocenters. The van der Waals surface area contributed by atoms with Crippen molar-refractivity contribution in [2.24, 2.45) is 5.10 Å². The standard InChI is InChI=1S/C25H28BrN3O2/c1-17-13-19(15-27-28-24(30)16-31-23-8-6-7-21(26)14-23)18(2)29(17)22-11-9-20(10-12-22)25(3,4)5/h6-15H,16H2,1-5H3,(H,28,30)/b27-15+. The lowest BCUT2D eigenvalue weighted by molar-refractivity contribution is -0.123. The van der Waals surface area contributed by atoms with E-state index in [4.69, 9.17) is 4.74 Å². The van der Waals surface area contributed by atoms with Crippen molar-refractivity contribution in [1.29, 1.82) is 0 Å². The van der Waals surface area contributed by atoms with Crippen LogP contribution in [0.2, 0.25) is 0 Å². The van der Waals surface area contributed by atoms with Gasteiger partial charge in [-0.25, -0.2) is 5.43 Å². The molecule has 0 aliphatic carbocycles. The highest BCUT2D eigenvalue weighted by Gasteiger charge is 2.14. The molecular weight excluding hydrogens is 454 g/mol. The first-order valence-electron chi connectivity index (χ1n) is 10.2. The third kappa shape index (κ3) is 5.85. The lowest BCUT2D eigenvalue weighted by Gasteiger charge is -2.20. The van der Waals surface area contributed by atoms with E-state index in [0.29, 0.717) is 5.75 Å². The predicted octanol–water partition coefficient (Wildman–Crippen LogP) is 5.68. The van der Waals surface area contributed by atoms with Crippen LogP contribution >= 0.6 is 15.9 Å². The molecule has 0 aliphatic heterocycles. The van der Waals surface area contributed by atoms with E-state index >= 15 is 0 Å². The molecule has 0 atom stereocenters. The van der Waals surface area contributed by atoms with Gasteiger partial charge in [-0.05, 0) is 61.2 Å². The van der Waals surface area contributed by atoms with Gasteiger partial charge in [0.2, 0.25) is 0 Å². The van der Waals surface area contributed by atoms with E-state index in [0.717, 1.165) is 27.1 Å². The first kappa shape index (κ1) is 22.8. The minimum atomic E-state index is -0.317. The number of nitrogens with one attached hydrogen (secondary N) is 1. The molecule has 1 amide bonds. The minimum absolute atomic E-state index is 0.104. The highest BCUT2D eigenvalue weighted by atomic mass is 79.9. The Balaban J connectivity index is 1.65. The lowest BCUT2D eigenvalue weighted by Crippen LogP contribution is -2.24. The number of hydrogen-bond donors (Lipinski definition) is 1. The highest BCUT2D eigenvalue weighted by Crippen LogP contribution is 2.25. The number of aromatic nitrogens is 1. The molecule has 3 aromatic rings. The normalized spacial score (nSPS) is 11.7. The molecule has 0 aliphatic rings. The van der Waals surface area contributed by atoms with Gasteiger partial charge in [-0.15, -0.1) is 0 Å². The number of nitrogens with zero attached hydrogens (tertiary/aromatic N) is 2. The molecule has 5 nitrogen and oxygen atoms in total. The Morgan fingerprint density at radius 3 is 2.48 bits per heavy atom. The second-order valence-electron chi connectivity index (χ2n) is 8.50. The van der Waals surface area contributed by atoms with Crippen molar-refractivity contribution in [3.8, 4) is 11.4 Å². The van der Waals surface area contributed by atoms with E-state index in [1.165, 1.54) is 5.56 Å². The Morgan fingerprint density at radius 2 is 1.84 bits per heavy atom. The van der Waals surface area contributed by atoms with E-state index in [9.17, 15) is 4.79 Å². The first-order valence-corrected chi connectivity index (χ1v) is 10.9. The van der Waals surface area contributed by atoms with E-state index < -0.39 is 0 Å². The monoisotopic (exact) mass is 481 g/mol. The summed E-state index contributed by atoms with van der Waals surface area (Å²) in [5.74, 6) is 0.303. The van der Waals surface area contributed by atoms with Gasteiger partial charge in [0.05, 0.1) is 6.21 Å². The molecule has 31 heavy (non-hydrogen) atoms. The summed E-state index contributed by atoms with van der Waals surface area (Å²) >= 11 is 3.37. The molecule has 6 heteroatoms. The van der Waals surface area contributed by atoms with E-state index in [1.807, 2.05) is 19.1 Å². The quantitative estimate of drug-likeness (QED) is 0.363. The van der Waals surface area contributed by atoms with Gasteiger partial charge in [0.25, 0.3) is 5.91 Å². The van der Waals surface area contributed by atoms with Crippen LogP contribution in [-0.2, 0) is 10.2 Å². The van der Waals surface area contributed by atoms with Gasteiger partial charge < -0.3 is 9.30 Å². The van der Waals surface area contributed by atoms with Gasteiger partial charge in [-0.2, -0.15) is 5.10 Å². The zero-order valence-electron chi connectivity index (χ0n) is 18.6. The Morgan fingerprint density at radius 1 is 1.13 bits per heavy atom. The maximum Gasteiger partial charge on any atom is 0.277 e. The van der Waals surface area contributed by atoms with Crippen LogP contribution in [0.5, 0.6) is 5.75 Å². The lowest BCUT2D eigenvalue weighted by atomic mass is 9.87. The third-order valence-electron chi connectivity index (χ3n) is 5.02. The van der Waals surface area contributed by atoms with Crippen LogP contribution in [0.3, 0.4) is 0 Å². The molecule has 0 radical (unpaired) electrons. The van der Waals surface area contributed by atoms with Crippen molar-refractivity contribution in [3.63, 3.8) is 0 Å². The number of amides is 1. The van der Waals surface area contributed by atoms with Crippen molar-refractivity contribution in [2.45, 2.75) is 40.0 Å². The summed E-state index contributed by atoms with van der Waals surface area (Å²) in [6, 6.07) is 18.0. The molecule has 0 fully saturated rings. The molecule has 3 rings (SSSR count). The van der Waals surface area contributed by atoms with Gasteiger partial charge in [0.1, 0.15) is 5.75 Å². The number of benzene rings is 2. The SMILES string of the molecule is Cc1cc(/C=N/NC(=O)COc2cccc(Br)c2)c(C)n1-c1ccc(C(C)(C)C)cc1. The maximum atomic E-state index is 12.0. The van der Waals surface area contributed by atoms with Crippen LogP contribution < -0.4 is 10.2 Å². The average Bonchev–Trinajstić information content (AvgIpc) is 2.99. The topological polar surface area (TPSA) is 55.6 Å². The smallest absolute Gasteiger partial charge is 0.277 e. The molecule has 0 saturated carbocycles. The summed E-state index contributed by atoms with van der Waals surface area (Å²) in [5, 5.41) is 4.10. The maximum absolute atomic E-state index is 12.0. The number of carbonyl (C=O) groups excluding carboxylic acids is 1. The highest BCUT2D eigenvalue weighted by molar-refractivity contribution is 9.10. The molecule has 0 bridgehead atoms. The van der Waals surface area contributed by atoms with Crippen LogP contribution in [0.25, 0.3) is 5.69 Å². The summed E-state index contributed by atoms with van der Waals surface area (Å²) in [6.07, 6.45) is 1.67. The average molecular weight is 482 g/mol. The van der Waals surface area contributed by atoms with Crippen LogP contribution in [0.1, 0.15) is 43.3 Å². The van der Waals surface area contributed by atoms with Crippen LogP contribution in [0.15, 0.2) is 64.2 Å². The summed E-state index contributed by atoms with van der Waals surface area (Å²) in [7, 11) is 0. The van der Waals surface area contributed by atoms with E-state index in [-0.39, 0.29) is 17.9 Å². The summed E-state index contributed by atoms with van der Waals surface area (Å²) in [6.45, 7) is 10.6. The summed E-state index contributed by atoms with van der Waals surface area (Å²) in [5.41, 5.74) is 8.16. The summed E-state index contributed by atoms with van der Waals surface area (Å²) in [4.78, 5) is 12.0. The number of aryl methyl sites for hydroxylation is 1. The molecule has 1 heterocycles. The van der Waals surface area contributed by atoms with Gasteiger partial charge in [-0.1, -0.05) is 54.9 Å². The minimum Gasteiger partial charge on any atom is -0.484 e. The molecule has 162 valence electrons. The fourth-order valence-corrected chi connectivity index (χ4v) is 3.72. The first-order chi connectivity index (χ1) is 14.6. The van der Waals surface area contributed by atoms with Crippen LogP contribution in [0, 0.1) is 13.8 Å². The largest absolute Gasteiger partial charge is 0.484 e. The molecule has 0 spiro atoms. The van der Waals surface area contributed by atoms with Crippen LogP contribution in [-0.4, -0.2) is 23.3 Å². The van der Waals surface area contributed by atoms with Crippen molar-refractivity contribution in [1.82, 2.24) is 9.99 Å². The van der Waals surface area contributed by atoms with Crippen LogP contribution in [0.4, 0.5) is 0 Å². The predicted molar refractivity (Wildman–Crippen MR) is 129 cm³/mol. The molecule has 1 aromatic heterocycles. The zero-order valence-corrected chi connectivity index (χ0v) is 20.2. The third-order valence-corrected chi connectivity index (χ3v) is 5.51. The number of ether oxygens (including phenoxy) is 1. The number of hydrogen-bond acceptors (Lipinski definition) is 3. The van der Waals surface area contributed by atoms with Gasteiger partial charge >= 0.3 is 0 Å². The number of hydrazone groups is 1. The summed E-state index contributed by atoms with van der Waals surface area (Å²) < 4.78 is 8.55. The number of carbonyl (C=O) groups is 1. The number of rotatable bonds is 6. The second-order valence-corrected chi connectivity index (χ2v) is 9.41.